The summed E-state index contributed by atoms with van der Waals surface area (Å²) in [6.07, 6.45) is 1.98. The topological polar surface area (TPSA) is 56.7 Å². The summed E-state index contributed by atoms with van der Waals surface area (Å²) in [5.74, 6) is 2.03. The molecular weight excluding hydrogens is 453 g/mol. The summed E-state index contributed by atoms with van der Waals surface area (Å²) >= 11 is 9.30. The first-order valence-electron chi connectivity index (χ1n) is 7.26. The van der Waals surface area contributed by atoms with Crippen LogP contribution >= 0.6 is 58.7 Å². The maximum absolute atomic E-state index is 10.1. The molecule has 1 aliphatic rings. The lowest BCUT2D eigenvalue weighted by molar-refractivity contribution is 0.191. The van der Waals surface area contributed by atoms with Crippen LogP contribution in [0.5, 0.6) is 0 Å². The summed E-state index contributed by atoms with van der Waals surface area (Å²) in [5, 5.41) is 17.4. The molecule has 1 aromatic heterocycles. The molecule has 0 amide bonds. The van der Waals surface area contributed by atoms with E-state index in [1.807, 2.05) is 24.8 Å². The van der Waals surface area contributed by atoms with Gasteiger partial charge in [-0.05, 0) is 37.7 Å². The van der Waals surface area contributed by atoms with E-state index in [9.17, 15) is 5.11 Å². The van der Waals surface area contributed by atoms with E-state index in [-0.39, 0.29) is 24.0 Å². The molecular formula is C14H23ClIN3OS2. The third-order valence-corrected chi connectivity index (χ3v) is 5.94. The summed E-state index contributed by atoms with van der Waals surface area (Å²) in [5.41, 5.74) is 0. The molecule has 1 fully saturated rings. The van der Waals surface area contributed by atoms with E-state index in [0.717, 1.165) is 23.9 Å². The summed E-state index contributed by atoms with van der Waals surface area (Å²) < 4.78 is 0.691. The fraction of sp³-hybridized carbons (Fsp3) is 0.643. The maximum Gasteiger partial charge on any atom is 0.191 e. The summed E-state index contributed by atoms with van der Waals surface area (Å²) in [7, 11) is 0. The average Bonchev–Trinajstić information content (AvgIpc) is 3.13. The number of aliphatic hydroxyl groups excluding tert-OH is 1. The highest BCUT2D eigenvalue weighted by molar-refractivity contribution is 14.0. The third kappa shape index (κ3) is 6.82. The van der Waals surface area contributed by atoms with Gasteiger partial charge in [0.15, 0.2) is 5.96 Å². The van der Waals surface area contributed by atoms with Crippen molar-refractivity contribution in [1.29, 1.82) is 0 Å². The number of guanidine groups is 1. The number of halogens is 2. The molecule has 0 spiro atoms. The predicted molar refractivity (Wildman–Crippen MR) is 109 cm³/mol. The molecule has 1 aliphatic heterocycles. The van der Waals surface area contributed by atoms with Gasteiger partial charge in [-0.25, -0.2) is 0 Å². The first kappa shape index (κ1) is 20.3. The van der Waals surface area contributed by atoms with Crippen LogP contribution in [-0.2, 0) is 0 Å². The van der Waals surface area contributed by atoms with Crippen LogP contribution in [0.2, 0.25) is 4.34 Å². The molecule has 8 heteroatoms. The van der Waals surface area contributed by atoms with Crippen molar-refractivity contribution in [3.63, 3.8) is 0 Å². The second-order valence-corrected chi connectivity index (χ2v) is 8.05. The van der Waals surface area contributed by atoms with Gasteiger partial charge in [0, 0.05) is 23.2 Å². The van der Waals surface area contributed by atoms with E-state index in [2.05, 4.69) is 15.6 Å². The minimum atomic E-state index is -0.598. The zero-order valence-corrected chi connectivity index (χ0v) is 17.3. The fourth-order valence-electron chi connectivity index (χ4n) is 2.13. The number of hydrogen-bond acceptors (Lipinski definition) is 4. The van der Waals surface area contributed by atoms with Gasteiger partial charge in [0.2, 0.25) is 0 Å². The SMILES string of the molecule is CCNC(=NCC(O)c1ccc(Cl)s1)NCC1CCCS1.I. The monoisotopic (exact) mass is 475 g/mol. The zero-order valence-electron chi connectivity index (χ0n) is 12.5. The smallest absolute Gasteiger partial charge is 0.191 e. The number of aliphatic hydroxyl groups is 1. The normalized spacial score (nSPS) is 19.6. The van der Waals surface area contributed by atoms with Crippen LogP contribution in [0.3, 0.4) is 0 Å². The fourth-order valence-corrected chi connectivity index (χ4v) is 4.37. The molecule has 1 saturated heterocycles. The highest BCUT2D eigenvalue weighted by Crippen LogP contribution is 2.27. The van der Waals surface area contributed by atoms with E-state index in [0.29, 0.717) is 16.1 Å². The van der Waals surface area contributed by atoms with Gasteiger partial charge in [0.05, 0.1) is 10.9 Å². The van der Waals surface area contributed by atoms with Crippen LogP contribution in [0.4, 0.5) is 0 Å². The zero-order chi connectivity index (χ0) is 15.1. The largest absolute Gasteiger partial charge is 0.386 e. The quantitative estimate of drug-likeness (QED) is 0.335. The lowest BCUT2D eigenvalue weighted by Crippen LogP contribution is -2.40. The number of thiophene rings is 1. The number of nitrogens with zero attached hydrogens (tertiary/aromatic N) is 1. The molecule has 2 rings (SSSR count). The second-order valence-electron chi connectivity index (χ2n) is 4.89. The van der Waals surface area contributed by atoms with Crippen LogP contribution < -0.4 is 10.6 Å². The van der Waals surface area contributed by atoms with E-state index in [4.69, 9.17) is 11.6 Å². The molecule has 22 heavy (non-hydrogen) atoms. The Labute approximate surface area is 162 Å². The van der Waals surface area contributed by atoms with E-state index in [1.165, 1.54) is 29.9 Å². The van der Waals surface area contributed by atoms with Gasteiger partial charge in [0.1, 0.15) is 6.10 Å². The van der Waals surface area contributed by atoms with Gasteiger partial charge < -0.3 is 15.7 Å². The van der Waals surface area contributed by atoms with Crippen molar-refractivity contribution in [3.8, 4) is 0 Å². The molecule has 0 bridgehead atoms. The van der Waals surface area contributed by atoms with Gasteiger partial charge in [-0.2, -0.15) is 11.8 Å². The molecule has 2 heterocycles. The molecule has 0 aromatic carbocycles. The number of thioether (sulfide) groups is 1. The van der Waals surface area contributed by atoms with Crippen LogP contribution in [0.15, 0.2) is 17.1 Å². The first-order chi connectivity index (χ1) is 10.2. The molecule has 2 unspecified atom stereocenters. The number of aliphatic imine (C=N–C) groups is 1. The van der Waals surface area contributed by atoms with Crippen molar-refractivity contribution in [1.82, 2.24) is 10.6 Å². The predicted octanol–water partition coefficient (Wildman–Crippen LogP) is 3.50. The Hall–Kier alpha value is 0.300. The summed E-state index contributed by atoms with van der Waals surface area (Å²) in [6.45, 7) is 4.11. The van der Waals surface area contributed by atoms with Crippen molar-refractivity contribution >= 4 is 64.6 Å². The van der Waals surface area contributed by atoms with Crippen molar-refractivity contribution < 1.29 is 5.11 Å². The van der Waals surface area contributed by atoms with Gasteiger partial charge in [0.25, 0.3) is 0 Å². The Morgan fingerprint density at radius 3 is 2.91 bits per heavy atom. The minimum Gasteiger partial charge on any atom is -0.386 e. The van der Waals surface area contributed by atoms with E-state index < -0.39 is 6.10 Å². The lowest BCUT2D eigenvalue weighted by atomic mass is 10.2. The lowest BCUT2D eigenvalue weighted by Gasteiger charge is -2.15. The van der Waals surface area contributed by atoms with Crippen molar-refractivity contribution in [2.45, 2.75) is 31.1 Å². The standard InChI is InChI=1S/C14H22ClN3OS2.HI/c1-2-16-14(17-8-10-4-3-7-20-10)18-9-11(19)12-5-6-13(15)21-12;/h5-6,10-11,19H,2-4,7-9H2,1H3,(H2,16,17,18);1H. The summed E-state index contributed by atoms with van der Waals surface area (Å²) in [4.78, 5) is 5.31. The number of nitrogens with one attached hydrogen (secondary N) is 2. The van der Waals surface area contributed by atoms with Crippen molar-refractivity contribution in [3.05, 3.63) is 21.3 Å². The molecule has 126 valence electrons. The highest BCUT2D eigenvalue weighted by Gasteiger charge is 2.16. The maximum atomic E-state index is 10.1. The van der Waals surface area contributed by atoms with Crippen LogP contribution in [-0.4, -0.2) is 41.7 Å². The molecule has 3 N–H and O–H groups in total. The molecule has 0 aliphatic carbocycles. The summed E-state index contributed by atoms with van der Waals surface area (Å²) in [6, 6.07) is 3.65. The van der Waals surface area contributed by atoms with Gasteiger partial charge in [-0.3, -0.25) is 4.99 Å². The average molecular weight is 476 g/mol. The Bertz CT molecular complexity index is 467. The third-order valence-electron chi connectivity index (χ3n) is 3.21. The minimum absolute atomic E-state index is 0. The number of rotatable bonds is 6. The van der Waals surface area contributed by atoms with Crippen molar-refractivity contribution in [2.75, 3.05) is 25.4 Å². The molecule has 2 atom stereocenters. The molecule has 0 saturated carbocycles. The van der Waals surface area contributed by atoms with Crippen LogP contribution in [0, 0.1) is 0 Å². The Balaban J connectivity index is 0.00000242. The van der Waals surface area contributed by atoms with E-state index in [1.54, 1.807) is 6.07 Å². The Morgan fingerprint density at radius 2 is 2.32 bits per heavy atom. The van der Waals surface area contributed by atoms with Crippen molar-refractivity contribution in [2.24, 2.45) is 4.99 Å². The van der Waals surface area contributed by atoms with E-state index >= 15 is 0 Å². The first-order valence-corrected chi connectivity index (χ1v) is 9.50. The highest BCUT2D eigenvalue weighted by atomic mass is 127. The van der Waals surface area contributed by atoms with Gasteiger partial charge in [-0.15, -0.1) is 35.3 Å². The van der Waals surface area contributed by atoms with Crippen LogP contribution in [0.1, 0.15) is 30.7 Å². The molecule has 0 radical (unpaired) electrons. The van der Waals surface area contributed by atoms with Gasteiger partial charge in [-0.1, -0.05) is 11.6 Å². The molecule has 4 nitrogen and oxygen atoms in total. The second kappa shape index (κ2) is 11.0. The Kier molecular flexibility index (Phi) is 10.1. The number of hydrogen-bond donors (Lipinski definition) is 3. The van der Waals surface area contributed by atoms with Crippen LogP contribution in [0.25, 0.3) is 0 Å². The Morgan fingerprint density at radius 1 is 1.50 bits per heavy atom. The molecule has 1 aromatic rings. The van der Waals surface area contributed by atoms with Gasteiger partial charge >= 0.3 is 0 Å².